The molecule has 0 bridgehead atoms. The third-order valence-electron chi connectivity index (χ3n) is 3.47. The van der Waals surface area contributed by atoms with Crippen LogP contribution in [0.3, 0.4) is 0 Å². The largest absolute Gasteiger partial charge is 0.311 e. The van der Waals surface area contributed by atoms with Crippen molar-refractivity contribution in [2.45, 2.75) is 44.7 Å². The molecular formula is C13H16F3N. The standard InChI is InChI=1S/C13H16F3N/c1-3-13-9(4-7(2)17-13)8-5-11(15)12(16)6-10(8)14/h5-7,9,13,17H,3-4H2,1-2H3. The van der Waals surface area contributed by atoms with Crippen molar-refractivity contribution in [3.63, 3.8) is 0 Å². The smallest absolute Gasteiger partial charge is 0.161 e. The van der Waals surface area contributed by atoms with Crippen molar-refractivity contribution < 1.29 is 13.2 Å². The first-order chi connectivity index (χ1) is 8.02. The molecule has 1 aliphatic heterocycles. The van der Waals surface area contributed by atoms with Crippen LogP contribution in [0.5, 0.6) is 0 Å². The van der Waals surface area contributed by atoms with Gasteiger partial charge in [0.15, 0.2) is 11.6 Å². The van der Waals surface area contributed by atoms with Gasteiger partial charge in [0.1, 0.15) is 5.82 Å². The van der Waals surface area contributed by atoms with Crippen molar-refractivity contribution in [2.75, 3.05) is 0 Å². The van der Waals surface area contributed by atoms with Crippen molar-refractivity contribution in [2.24, 2.45) is 0 Å². The normalized spacial score (nSPS) is 28.6. The summed E-state index contributed by atoms with van der Waals surface area (Å²) >= 11 is 0. The molecule has 1 aliphatic rings. The van der Waals surface area contributed by atoms with Crippen LogP contribution in [0.1, 0.15) is 38.2 Å². The van der Waals surface area contributed by atoms with Crippen LogP contribution in [-0.4, -0.2) is 12.1 Å². The molecular weight excluding hydrogens is 227 g/mol. The molecule has 0 amide bonds. The van der Waals surface area contributed by atoms with Gasteiger partial charge in [-0.05, 0) is 31.4 Å². The summed E-state index contributed by atoms with van der Waals surface area (Å²) in [6.45, 7) is 4.01. The van der Waals surface area contributed by atoms with Gasteiger partial charge in [-0.25, -0.2) is 13.2 Å². The second-order valence-corrected chi connectivity index (χ2v) is 4.71. The van der Waals surface area contributed by atoms with Crippen molar-refractivity contribution in [1.29, 1.82) is 0 Å². The first kappa shape index (κ1) is 12.4. The molecule has 1 fully saturated rings. The van der Waals surface area contributed by atoms with Gasteiger partial charge >= 0.3 is 0 Å². The minimum Gasteiger partial charge on any atom is -0.311 e. The maximum Gasteiger partial charge on any atom is 0.161 e. The molecule has 17 heavy (non-hydrogen) atoms. The number of nitrogens with one attached hydrogen (secondary N) is 1. The lowest BCUT2D eigenvalue weighted by atomic mass is 9.89. The Bertz CT molecular complexity index is 419. The molecule has 1 nitrogen and oxygen atoms in total. The number of hydrogen-bond donors (Lipinski definition) is 1. The average Bonchev–Trinajstić information content (AvgIpc) is 2.64. The van der Waals surface area contributed by atoms with Crippen LogP contribution in [0.25, 0.3) is 0 Å². The number of rotatable bonds is 2. The highest BCUT2D eigenvalue weighted by Gasteiger charge is 2.33. The Morgan fingerprint density at radius 2 is 1.82 bits per heavy atom. The highest BCUT2D eigenvalue weighted by Crippen LogP contribution is 2.34. The van der Waals surface area contributed by atoms with E-state index in [9.17, 15) is 13.2 Å². The SMILES string of the molecule is CCC1NC(C)CC1c1cc(F)c(F)cc1F. The van der Waals surface area contributed by atoms with E-state index >= 15 is 0 Å². The van der Waals surface area contributed by atoms with E-state index in [1.165, 1.54) is 0 Å². The average molecular weight is 243 g/mol. The third-order valence-corrected chi connectivity index (χ3v) is 3.47. The fourth-order valence-electron chi connectivity index (χ4n) is 2.66. The van der Waals surface area contributed by atoms with Crippen LogP contribution >= 0.6 is 0 Å². The summed E-state index contributed by atoms with van der Waals surface area (Å²) in [4.78, 5) is 0. The molecule has 0 spiro atoms. The predicted octanol–water partition coefficient (Wildman–Crippen LogP) is 3.35. The van der Waals surface area contributed by atoms with E-state index in [0.29, 0.717) is 6.07 Å². The van der Waals surface area contributed by atoms with Crippen LogP contribution in [0.15, 0.2) is 12.1 Å². The quantitative estimate of drug-likeness (QED) is 0.785. The van der Waals surface area contributed by atoms with Gasteiger partial charge in [0.05, 0.1) is 0 Å². The molecule has 3 atom stereocenters. The topological polar surface area (TPSA) is 12.0 Å². The Morgan fingerprint density at radius 1 is 1.18 bits per heavy atom. The van der Waals surface area contributed by atoms with E-state index in [4.69, 9.17) is 0 Å². The monoisotopic (exact) mass is 243 g/mol. The van der Waals surface area contributed by atoms with E-state index < -0.39 is 17.5 Å². The highest BCUT2D eigenvalue weighted by atomic mass is 19.2. The fourth-order valence-corrected chi connectivity index (χ4v) is 2.66. The van der Waals surface area contributed by atoms with Gasteiger partial charge in [-0.2, -0.15) is 0 Å². The minimum absolute atomic E-state index is 0.0786. The first-order valence-corrected chi connectivity index (χ1v) is 5.93. The van der Waals surface area contributed by atoms with Gasteiger partial charge in [0, 0.05) is 24.1 Å². The molecule has 0 radical (unpaired) electrons. The second-order valence-electron chi connectivity index (χ2n) is 4.71. The number of hydrogen-bond acceptors (Lipinski definition) is 1. The summed E-state index contributed by atoms with van der Waals surface area (Å²) in [7, 11) is 0. The lowest BCUT2D eigenvalue weighted by molar-refractivity contribution is 0.468. The van der Waals surface area contributed by atoms with Crippen molar-refractivity contribution in [3.8, 4) is 0 Å². The Morgan fingerprint density at radius 3 is 2.47 bits per heavy atom. The van der Waals surface area contributed by atoms with E-state index in [1.807, 2.05) is 13.8 Å². The number of benzene rings is 1. The van der Waals surface area contributed by atoms with Gasteiger partial charge in [-0.1, -0.05) is 6.92 Å². The van der Waals surface area contributed by atoms with E-state index in [2.05, 4.69) is 5.32 Å². The summed E-state index contributed by atoms with van der Waals surface area (Å²) in [5.41, 5.74) is 0.285. The number of halogens is 3. The van der Waals surface area contributed by atoms with Crippen LogP contribution in [0.4, 0.5) is 13.2 Å². The van der Waals surface area contributed by atoms with Gasteiger partial charge in [0.25, 0.3) is 0 Å². The van der Waals surface area contributed by atoms with Gasteiger partial charge in [-0.3, -0.25) is 0 Å². The summed E-state index contributed by atoms with van der Waals surface area (Å²) in [6, 6.07) is 2.04. The molecule has 0 aliphatic carbocycles. The zero-order valence-electron chi connectivity index (χ0n) is 9.93. The third kappa shape index (κ3) is 2.32. The van der Waals surface area contributed by atoms with E-state index in [-0.39, 0.29) is 23.6 Å². The van der Waals surface area contributed by atoms with Crippen LogP contribution < -0.4 is 5.32 Å². The van der Waals surface area contributed by atoms with Gasteiger partial charge in [0.2, 0.25) is 0 Å². The lowest BCUT2D eigenvalue weighted by Crippen LogP contribution is -2.28. The molecule has 1 N–H and O–H groups in total. The highest BCUT2D eigenvalue weighted by molar-refractivity contribution is 5.27. The molecule has 3 unspecified atom stereocenters. The molecule has 94 valence electrons. The lowest BCUT2D eigenvalue weighted by Gasteiger charge is -2.18. The van der Waals surface area contributed by atoms with Gasteiger partial charge < -0.3 is 5.32 Å². The van der Waals surface area contributed by atoms with Crippen molar-refractivity contribution in [1.82, 2.24) is 5.32 Å². The van der Waals surface area contributed by atoms with Crippen LogP contribution in [0, 0.1) is 17.5 Å². The van der Waals surface area contributed by atoms with Crippen LogP contribution in [-0.2, 0) is 0 Å². The van der Waals surface area contributed by atoms with Crippen molar-refractivity contribution in [3.05, 3.63) is 35.1 Å². The fraction of sp³-hybridized carbons (Fsp3) is 0.538. The van der Waals surface area contributed by atoms with E-state index in [0.717, 1.165) is 18.9 Å². The molecule has 4 heteroatoms. The summed E-state index contributed by atoms with van der Waals surface area (Å²) in [6.07, 6.45) is 1.59. The molecule has 0 saturated carbocycles. The minimum atomic E-state index is -1.13. The molecule has 1 aromatic carbocycles. The second kappa shape index (κ2) is 4.69. The maximum absolute atomic E-state index is 13.7. The summed E-state index contributed by atoms with van der Waals surface area (Å²) < 4.78 is 39.7. The summed E-state index contributed by atoms with van der Waals surface area (Å²) in [5.74, 6) is -2.83. The first-order valence-electron chi connectivity index (χ1n) is 5.93. The molecule has 1 saturated heterocycles. The molecule has 2 rings (SSSR count). The van der Waals surface area contributed by atoms with Gasteiger partial charge in [-0.15, -0.1) is 0 Å². The Balaban J connectivity index is 2.36. The van der Waals surface area contributed by atoms with E-state index in [1.54, 1.807) is 0 Å². The molecule has 1 aromatic rings. The molecule has 0 aromatic heterocycles. The maximum atomic E-state index is 13.7. The predicted molar refractivity (Wildman–Crippen MR) is 60.4 cm³/mol. The zero-order valence-corrected chi connectivity index (χ0v) is 9.93. The Labute approximate surface area is 99.0 Å². The van der Waals surface area contributed by atoms with Crippen molar-refractivity contribution >= 4 is 0 Å². The zero-order chi connectivity index (χ0) is 12.6. The summed E-state index contributed by atoms with van der Waals surface area (Å²) in [5, 5.41) is 3.33. The Kier molecular flexibility index (Phi) is 3.43. The molecule has 1 heterocycles. The Hall–Kier alpha value is -1.03. The van der Waals surface area contributed by atoms with Crippen LogP contribution in [0.2, 0.25) is 0 Å².